The van der Waals surface area contributed by atoms with Gasteiger partial charge in [0.15, 0.2) is 6.61 Å². The summed E-state index contributed by atoms with van der Waals surface area (Å²) >= 11 is 6.09. The first-order valence-electron chi connectivity index (χ1n) is 9.84. The predicted octanol–water partition coefficient (Wildman–Crippen LogP) is 4.36. The number of nitrogens with one attached hydrogen (secondary N) is 1. The molecule has 0 spiro atoms. The summed E-state index contributed by atoms with van der Waals surface area (Å²) in [5.41, 5.74) is 1.90. The summed E-state index contributed by atoms with van der Waals surface area (Å²) in [7, 11) is 0. The minimum atomic E-state index is -0.642. The highest BCUT2D eigenvalue weighted by molar-refractivity contribution is 6.30. The smallest absolute Gasteiger partial charge is 0.261 e. The highest BCUT2D eigenvalue weighted by Gasteiger charge is 2.27. The Labute approximate surface area is 178 Å². The van der Waals surface area contributed by atoms with Crippen LogP contribution in [0.15, 0.2) is 48.5 Å². The number of aryl methyl sites for hydroxylation is 1. The number of hydrogen-bond donors (Lipinski definition) is 1. The van der Waals surface area contributed by atoms with Crippen LogP contribution in [0.5, 0.6) is 5.75 Å². The molecule has 0 fully saturated rings. The van der Waals surface area contributed by atoms with Crippen LogP contribution >= 0.6 is 11.6 Å². The van der Waals surface area contributed by atoms with E-state index in [9.17, 15) is 9.59 Å². The Bertz CT molecular complexity index is 840. The highest BCUT2D eigenvalue weighted by atomic mass is 35.5. The normalized spacial score (nSPS) is 12.7. The van der Waals surface area contributed by atoms with Crippen LogP contribution in [0.3, 0.4) is 0 Å². The van der Waals surface area contributed by atoms with Crippen molar-refractivity contribution >= 4 is 23.4 Å². The van der Waals surface area contributed by atoms with Crippen molar-refractivity contribution in [1.29, 1.82) is 0 Å². The fourth-order valence-corrected chi connectivity index (χ4v) is 3.03. The molecule has 2 aromatic rings. The summed E-state index contributed by atoms with van der Waals surface area (Å²) < 4.78 is 5.67. The van der Waals surface area contributed by atoms with E-state index in [1.54, 1.807) is 25.1 Å². The Morgan fingerprint density at radius 1 is 1.14 bits per heavy atom. The molecular weight excluding hydrogens is 388 g/mol. The third kappa shape index (κ3) is 7.09. The number of ether oxygens (including phenoxy) is 1. The summed E-state index contributed by atoms with van der Waals surface area (Å²) in [6.45, 7) is 7.75. The molecule has 0 saturated carbocycles. The van der Waals surface area contributed by atoms with Gasteiger partial charge < -0.3 is 15.0 Å². The van der Waals surface area contributed by atoms with Gasteiger partial charge in [-0.25, -0.2) is 0 Å². The van der Waals surface area contributed by atoms with Gasteiger partial charge in [-0.15, -0.1) is 0 Å². The lowest BCUT2D eigenvalue weighted by molar-refractivity contribution is -0.142. The number of carbonyl (C=O) groups is 2. The van der Waals surface area contributed by atoms with E-state index in [2.05, 4.69) is 5.32 Å². The molecule has 156 valence electrons. The van der Waals surface area contributed by atoms with Gasteiger partial charge in [0, 0.05) is 17.6 Å². The summed E-state index contributed by atoms with van der Waals surface area (Å²) in [5.74, 6) is 0.168. The number of benzene rings is 2. The SMILES string of the molecule is CC[C@H](C)NC(=O)[C@H](C)N(Cc1cccc(Cl)c1)C(=O)COc1cccc(C)c1. The van der Waals surface area contributed by atoms with E-state index in [1.165, 1.54) is 4.90 Å². The number of hydrogen-bond acceptors (Lipinski definition) is 3. The van der Waals surface area contributed by atoms with Crippen LogP contribution in [-0.4, -0.2) is 35.4 Å². The first-order valence-corrected chi connectivity index (χ1v) is 10.2. The number of nitrogens with zero attached hydrogens (tertiary/aromatic N) is 1. The molecule has 6 heteroatoms. The monoisotopic (exact) mass is 416 g/mol. The third-order valence-electron chi connectivity index (χ3n) is 4.76. The molecule has 2 aromatic carbocycles. The molecule has 0 aromatic heterocycles. The topological polar surface area (TPSA) is 58.6 Å². The Balaban J connectivity index is 2.15. The lowest BCUT2D eigenvalue weighted by Crippen LogP contribution is -2.50. The van der Waals surface area contributed by atoms with Gasteiger partial charge in [0.05, 0.1) is 0 Å². The summed E-state index contributed by atoms with van der Waals surface area (Å²) in [6.07, 6.45) is 0.817. The largest absolute Gasteiger partial charge is 0.484 e. The van der Waals surface area contributed by atoms with E-state index >= 15 is 0 Å². The molecule has 0 aliphatic carbocycles. The molecular formula is C23H29ClN2O3. The van der Waals surface area contributed by atoms with E-state index in [0.717, 1.165) is 17.5 Å². The molecule has 2 amide bonds. The Hall–Kier alpha value is -2.53. The molecule has 2 rings (SSSR count). The van der Waals surface area contributed by atoms with Gasteiger partial charge in [-0.2, -0.15) is 0 Å². The average molecular weight is 417 g/mol. The van der Waals surface area contributed by atoms with Crippen molar-refractivity contribution in [2.45, 2.75) is 52.7 Å². The quantitative estimate of drug-likeness (QED) is 0.660. The van der Waals surface area contributed by atoms with E-state index in [1.807, 2.05) is 51.1 Å². The third-order valence-corrected chi connectivity index (χ3v) is 5.00. The second-order valence-corrected chi connectivity index (χ2v) is 7.69. The zero-order valence-corrected chi connectivity index (χ0v) is 18.2. The number of carbonyl (C=O) groups excluding carboxylic acids is 2. The van der Waals surface area contributed by atoms with Gasteiger partial charge in [-0.1, -0.05) is 42.8 Å². The first kappa shape index (κ1) is 22.8. The Morgan fingerprint density at radius 2 is 1.86 bits per heavy atom. The van der Waals surface area contributed by atoms with Crippen molar-refractivity contribution in [2.75, 3.05) is 6.61 Å². The zero-order chi connectivity index (χ0) is 21.4. The minimum absolute atomic E-state index is 0.0385. The van der Waals surface area contributed by atoms with Crippen LogP contribution in [0.1, 0.15) is 38.3 Å². The van der Waals surface area contributed by atoms with Gasteiger partial charge in [0.2, 0.25) is 5.91 Å². The van der Waals surface area contributed by atoms with Crippen molar-refractivity contribution in [3.05, 3.63) is 64.7 Å². The molecule has 29 heavy (non-hydrogen) atoms. The second kappa shape index (κ2) is 10.9. The summed E-state index contributed by atoms with van der Waals surface area (Å²) in [6, 6.07) is 14.2. The van der Waals surface area contributed by atoms with Gasteiger partial charge in [-0.3, -0.25) is 9.59 Å². The van der Waals surface area contributed by atoms with Gasteiger partial charge in [-0.05, 0) is 62.6 Å². The lowest BCUT2D eigenvalue weighted by Gasteiger charge is -2.29. The number of halogens is 1. The van der Waals surface area contributed by atoms with Crippen molar-refractivity contribution in [2.24, 2.45) is 0 Å². The lowest BCUT2D eigenvalue weighted by atomic mass is 10.1. The summed E-state index contributed by atoms with van der Waals surface area (Å²) in [5, 5.41) is 3.53. The van der Waals surface area contributed by atoms with Crippen LogP contribution in [-0.2, 0) is 16.1 Å². The molecule has 0 aliphatic heterocycles. The van der Waals surface area contributed by atoms with Crippen molar-refractivity contribution in [3.8, 4) is 5.75 Å². The van der Waals surface area contributed by atoms with Crippen molar-refractivity contribution in [1.82, 2.24) is 10.2 Å². The maximum Gasteiger partial charge on any atom is 0.261 e. The predicted molar refractivity (Wildman–Crippen MR) is 116 cm³/mol. The Morgan fingerprint density at radius 3 is 2.52 bits per heavy atom. The van der Waals surface area contributed by atoms with Gasteiger partial charge >= 0.3 is 0 Å². The van der Waals surface area contributed by atoms with Crippen LogP contribution < -0.4 is 10.1 Å². The molecule has 1 N–H and O–H groups in total. The molecule has 5 nitrogen and oxygen atoms in total. The molecule has 0 saturated heterocycles. The first-order chi connectivity index (χ1) is 13.8. The summed E-state index contributed by atoms with van der Waals surface area (Å²) in [4.78, 5) is 27.2. The fourth-order valence-electron chi connectivity index (χ4n) is 2.81. The zero-order valence-electron chi connectivity index (χ0n) is 17.4. The van der Waals surface area contributed by atoms with Crippen LogP contribution in [0, 0.1) is 6.92 Å². The molecule has 0 aliphatic rings. The van der Waals surface area contributed by atoms with Gasteiger partial charge in [0.1, 0.15) is 11.8 Å². The van der Waals surface area contributed by atoms with Crippen molar-refractivity contribution < 1.29 is 14.3 Å². The van der Waals surface area contributed by atoms with E-state index in [4.69, 9.17) is 16.3 Å². The van der Waals surface area contributed by atoms with Gasteiger partial charge in [0.25, 0.3) is 5.91 Å². The average Bonchev–Trinajstić information content (AvgIpc) is 2.69. The highest BCUT2D eigenvalue weighted by Crippen LogP contribution is 2.16. The Kier molecular flexibility index (Phi) is 8.52. The van der Waals surface area contributed by atoms with E-state index in [-0.39, 0.29) is 31.0 Å². The standard InChI is InChI=1S/C23H29ClN2O3/c1-5-17(3)25-23(28)18(4)26(14-19-9-7-10-20(24)13-19)22(27)15-29-21-11-6-8-16(2)12-21/h6-13,17-18H,5,14-15H2,1-4H3,(H,25,28)/t17-,18-/m0/s1. The van der Waals surface area contributed by atoms with Crippen LogP contribution in [0.25, 0.3) is 0 Å². The maximum atomic E-state index is 13.0. The van der Waals surface area contributed by atoms with Crippen LogP contribution in [0.4, 0.5) is 0 Å². The van der Waals surface area contributed by atoms with Crippen molar-refractivity contribution in [3.63, 3.8) is 0 Å². The van der Waals surface area contributed by atoms with E-state index in [0.29, 0.717) is 10.8 Å². The van der Waals surface area contributed by atoms with Crippen LogP contribution in [0.2, 0.25) is 5.02 Å². The fraction of sp³-hybridized carbons (Fsp3) is 0.391. The molecule has 0 radical (unpaired) electrons. The molecule has 0 heterocycles. The van der Waals surface area contributed by atoms with E-state index < -0.39 is 6.04 Å². The number of rotatable bonds is 9. The number of amides is 2. The molecule has 0 bridgehead atoms. The molecule has 2 atom stereocenters. The minimum Gasteiger partial charge on any atom is -0.484 e. The second-order valence-electron chi connectivity index (χ2n) is 7.25. The maximum absolute atomic E-state index is 13.0. The molecule has 0 unspecified atom stereocenters.